The highest BCUT2D eigenvalue weighted by atomic mass is 35.5. The fraction of sp³-hybridized carbons (Fsp3) is 0.429. The Labute approximate surface area is 111 Å². The third-order valence-electron chi connectivity index (χ3n) is 4.14. The van der Waals surface area contributed by atoms with E-state index in [9.17, 15) is 4.79 Å². The molecular formula is C14H15ClN2O. The average molecular weight is 263 g/mol. The molecule has 0 aromatic heterocycles. The first kappa shape index (κ1) is 11.7. The Morgan fingerprint density at radius 3 is 2.83 bits per heavy atom. The summed E-state index contributed by atoms with van der Waals surface area (Å²) in [6.07, 6.45) is 6.32. The van der Waals surface area contributed by atoms with Gasteiger partial charge in [-0.2, -0.15) is 5.10 Å². The molecule has 1 spiro atoms. The van der Waals surface area contributed by atoms with Crippen LogP contribution >= 0.6 is 11.6 Å². The molecule has 0 bridgehead atoms. The molecule has 0 aliphatic heterocycles. The molecule has 18 heavy (non-hydrogen) atoms. The van der Waals surface area contributed by atoms with E-state index in [2.05, 4.69) is 10.5 Å². The Hall–Kier alpha value is -1.35. The van der Waals surface area contributed by atoms with E-state index in [0.29, 0.717) is 10.4 Å². The third kappa shape index (κ3) is 2.03. The zero-order chi connectivity index (χ0) is 12.6. The summed E-state index contributed by atoms with van der Waals surface area (Å²) >= 11 is 5.99. The predicted octanol–water partition coefficient (Wildman–Crippen LogP) is 2.98. The summed E-state index contributed by atoms with van der Waals surface area (Å²) in [6.45, 7) is 0. The summed E-state index contributed by atoms with van der Waals surface area (Å²) in [5.74, 6) is 0.243. The van der Waals surface area contributed by atoms with Crippen molar-refractivity contribution in [3.05, 3.63) is 34.9 Å². The third-order valence-corrected chi connectivity index (χ3v) is 4.48. The highest BCUT2D eigenvalue weighted by molar-refractivity contribution is 6.33. The molecule has 0 heterocycles. The quantitative estimate of drug-likeness (QED) is 0.660. The molecule has 4 heteroatoms. The number of halogens is 1. The molecule has 1 aromatic rings. The number of hydrogen-bond donors (Lipinski definition) is 1. The van der Waals surface area contributed by atoms with E-state index in [1.165, 1.54) is 19.3 Å². The van der Waals surface area contributed by atoms with Crippen molar-refractivity contribution in [3.63, 3.8) is 0 Å². The van der Waals surface area contributed by atoms with Crippen molar-refractivity contribution in [1.82, 2.24) is 5.43 Å². The van der Waals surface area contributed by atoms with Gasteiger partial charge in [0, 0.05) is 16.5 Å². The van der Waals surface area contributed by atoms with Gasteiger partial charge in [0.2, 0.25) is 5.91 Å². The van der Waals surface area contributed by atoms with Gasteiger partial charge < -0.3 is 0 Å². The largest absolute Gasteiger partial charge is 0.273 e. The zero-order valence-electron chi connectivity index (χ0n) is 10.0. The molecule has 1 amide bonds. The molecule has 1 atom stereocenters. The number of carbonyl (C=O) groups excluding carboxylic acids is 1. The van der Waals surface area contributed by atoms with Gasteiger partial charge in [-0.15, -0.1) is 0 Å². The second-order valence-corrected chi connectivity index (χ2v) is 5.64. The van der Waals surface area contributed by atoms with E-state index >= 15 is 0 Å². The molecule has 3 nitrogen and oxygen atoms in total. The molecule has 1 aromatic carbocycles. The van der Waals surface area contributed by atoms with E-state index in [-0.39, 0.29) is 11.8 Å². The maximum atomic E-state index is 11.8. The molecular weight excluding hydrogens is 248 g/mol. The van der Waals surface area contributed by atoms with Crippen LogP contribution in [0.2, 0.25) is 5.02 Å². The summed E-state index contributed by atoms with van der Waals surface area (Å²) < 4.78 is 0. The van der Waals surface area contributed by atoms with Crippen LogP contribution in [0.5, 0.6) is 0 Å². The van der Waals surface area contributed by atoms with E-state index in [1.54, 1.807) is 12.3 Å². The monoisotopic (exact) mass is 262 g/mol. The Morgan fingerprint density at radius 1 is 1.44 bits per heavy atom. The highest BCUT2D eigenvalue weighted by Crippen LogP contribution is 2.65. The van der Waals surface area contributed by atoms with Crippen LogP contribution in [0, 0.1) is 11.3 Å². The first-order valence-corrected chi connectivity index (χ1v) is 6.67. The van der Waals surface area contributed by atoms with Gasteiger partial charge in [-0.05, 0) is 30.7 Å². The van der Waals surface area contributed by atoms with Crippen molar-refractivity contribution in [2.24, 2.45) is 16.4 Å². The Bertz CT molecular complexity index is 508. The van der Waals surface area contributed by atoms with Crippen LogP contribution in [0.4, 0.5) is 0 Å². The number of carbonyl (C=O) groups is 1. The Balaban J connectivity index is 1.55. The molecule has 0 saturated heterocycles. The summed E-state index contributed by atoms with van der Waals surface area (Å²) in [4.78, 5) is 11.8. The molecule has 2 aliphatic rings. The molecule has 94 valence electrons. The van der Waals surface area contributed by atoms with Crippen LogP contribution in [0.15, 0.2) is 29.4 Å². The second kappa shape index (κ2) is 4.39. The second-order valence-electron chi connectivity index (χ2n) is 5.23. The molecule has 1 N–H and O–H groups in total. The van der Waals surface area contributed by atoms with Gasteiger partial charge in [0.25, 0.3) is 0 Å². The maximum Gasteiger partial charge on any atom is 0.243 e. The number of nitrogens with zero attached hydrogens (tertiary/aromatic N) is 1. The van der Waals surface area contributed by atoms with Gasteiger partial charge in [-0.1, -0.05) is 36.2 Å². The van der Waals surface area contributed by atoms with Crippen LogP contribution in [-0.2, 0) is 4.79 Å². The van der Waals surface area contributed by atoms with Crippen molar-refractivity contribution in [3.8, 4) is 0 Å². The summed E-state index contributed by atoms with van der Waals surface area (Å²) in [5, 5.41) is 4.62. The first-order valence-electron chi connectivity index (χ1n) is 6.29. The van der Waals surface area contributed by atoms with Crippen molar-refractivity contribution in [2.75, 3.05) is 0 Å². The lowest BCUT2D eigenvalue weighted by atomic mass is 9.80. The van der Waals surface area contributed by atoms with Gasteiger partial charge in [0.05, 0.1) is 6.21 Å². The van der Waals surface area contributed by atoms with Crippen molar-refractivity contribution in [1.29, 1.82) is 0 Å². The fourth-order valence-corrected chi connectivity index (χ4v) is 2.91. The van der Waals surface area contributed by atoms with E-state index in [0.717, 1.165) is 12.0 Å². The van der Waals surface area contributed by atoms with E-state index < -0.39 is 0 Å². The standard InChI is InChI=1S/C14H15ClN2O/c15-12-5-2-1-4-10(12)9-16-17-13(18)11-8-14(11)6-3-7-14/h1-2,4-5,9,11H,3,6-8H2,(H,17,18)/b16-9+. The summed E-state index contributed by atoms with van der Waals surface area (Å²) in [6, 6.07) is 7.42. The van der Waals surface area contributed by atoms with Crippen molar-refractivity contribution < 1.29 is 4.79 Å². The number of rotatable bonds is 3. The van der Waals surface area contributed by atoms with Crippen LogP contribution < -0.4 is 5.43 Å². The molecule has 0 radical (unpaired) electrons. The van der Waals surface area contributed by atoms with Crippen molar-refractivity contribution >= 4 is 23.7 Å². The Morgan fingerprint density at radius 2 is 2.22 bits per heavy atom. The fourth-order valence-electron chi connectivity index (χ4n) is 2.73. The van der Waals surface area contributed by atoms with E-state index in [1.807, 2.05) is 18.2 Å². The lowest BCUT2D eigenvalue weighted by Gasteiger charge is -2.25. The van der Waals surface area contributed by atoms with Crippen LogP contribution in [0.25, 0.3) is 0 Å². The van der Waals surface area contributed by atoms with Gasteiger partial charge in [-0.3, -0.25) is 4.79 Å². The minimum absolute atomic E-state index is 0.0537. The summed E-state index contributed by atoms with van der Waals surface area (Å²) in [7, 11) is 0. The molecule has 2 fully saturated rings. The lowest BCUT2D eigenvalue weighted by Crippen LogP contribution is -2.26. The van der Waals surface area contributed by atoms with Gasteiger partial charge in [-0.25, -0.2) is 5.43 Å². The smallest absolute Gasteiger partial charge is 0.243 e. The number of benzene rings is 1. The number of hydrogen-bond acceptors (Lipinski definition) is 2. The average Bonchev–Trinajstić information content (AvgIpc) is 3.07. The summed E-state index contributed by atoms with van der Waals surface area (Å²) in [5.41, 5.74) is 3.78. The molecule has 3 rings (SSSR count). The zero-order valence-corrected chi connectivity index (χ0v) is 10.8. The molecule has 2 saturated carbocycles. The van der Waals surface area contributed by atoms with Gasteiger partial charge in [0.1, 0.15) is 0 Å². The van der Waals surface area contributed by atoms with Crippen LogP contribution in [0.3, 0.4) is 0 Å². The lowest BCUT2D eigenvalue weighted by molar-refractivity contribution is -0.123. The van der Waals surface area contributed by atoms with Gasteiger partial charge in [0.15, 0.2) is 0 Å². The number of hydrazone groups is 1. The minimum atomic E-state index is 0.0537. The van der Waals surface area contributed by atoms with Crippen LogP contribution in [-0.4, -0.2) is 12.1 Å². The van der Waals surface area contributed by atoms with E-state index in [4.69, 9.17) is 11.6 Å². The predicted molar refractivity (Wildman–Crippen MR) is 71.6 cm³/mol. The molecule has 1 unspecified atom stereocenters. The maximum absolute atomic E-state index is 11.8. The first-order chi connectivity index (χ1) is 8.71. The Kier molecular flexibility index (Phi) is 2.86. The highest BCUT2D eigenvalue weighted by Gasteiger charge is 2.60. The molecule has 2 aliphatic carbocycles. The minimum Gasteiger partial charge on any atom is -0.273 e. The topological polar surface area (TPSA) is 41.5 Å². The van der Waals surface area contributed by atoms with Crippen molar-refractivity contribution in [2.45, 2.75) is 25.7 Å². The van der Waals surface area contributed by atoms with Crippen LogP contribution in [0.1, 0.15) is 31.2 Å². The SMILES string of the molecule is O=C(N/N=C/c1ccccc1Cl)C1CC12CCC2. The number of nitrogens with one attached hydrogen (secondary N) is 1. The number of amides is 1. The van der Waals surface area contributed by atoms with Gasteiger partial charge >= 0.3 is 0 Å². The normalized spacial score (nSPS) is 23.9.